The van der Waals surface area contributed by atoms with Crippen LogP contribution in [0.4, 0.5) is 0 Å². The third-order valence-electron chi connectivity index (χ3n) is 17.4. The van der Waals surface area contributed by atoms with Crippen LogP contribution in [0.25, 0.3) is 49.9 Å². The zero-order valence-corrected chi connectivity index (χ0v) is 75.0. The first-order valence-electron chi connectivity index (χ1n) is 39.2. The van der Waals surface area contributed by atoms with Crippen molar-refractivity contribution >= 4 is 44.4 Å². The Hall–Kier alpha value is -10.3. The highest BCUT2D eigenvalue weighted by Crippen LogP contribution is 2.23. The average molecular weight is 1550 g/mol. The number of tetrazole rings is 1. The SMILES string of the molecule is CC(C)(C)[n+]1cccc2ccccc21.CC(C)(C)[n+]1cccnc1.CC(C)(C)[n+]1ccco1.CC(C)(C)[n+]1cccs1.CC(C)(C)[n+]1ccnc2ccccc21.CC(C)(C)[n+]1ncnn1-c1ccccc1.C[n+]1c(C(C)(C)C)ccc2ccccc21.Cc1cc(-c2ccccc2)o[n+]1C(C)(C)C.Cc1cc(C)[n+](C(C)(C)C)o1. The number of aryl methyl sites for hydroxylation is 4. The maximum atomic E-state index is 5.88. The van der Waals surface area contributed by atoms with E-state index in [0.29, 0.717) is 0 Å². The number of rotatable bonds is 2. The molecule has 0 aliphatic rings. The van der Waals surface area contributed by atoms with Crippen LogP contribution < -0.4 is 41.2 Å². The Labute approximate surface area is 680 Å². The van der Waals surface area contributed by atoms with Crippen molar-refractivity contribution in [2.24, 2.45) is 7.05 Å². The summed E-state index contributed by atoms with van der Waals surface area (Å²) >= 11 is 1.75. The van der Waals surface area contributed by atoms with E-state index >= 15 is 0 Å². The fourth-order valence-electron chi connectivity index (χ4n) is 12.0. The van der Waals surface area contributed by atoms with Gasteiger partial charge in [-0.05, 0) is 108 Å². The standard InChI is InChI=1S/C14H18NO.C14H18N.C13H16N.C12H15N2.C11H15N4.C9H16NO.C8H13N2.C7H12NO.C7H12NS/c1-11-10-13(12-8-6-5-7-9-12)16-15(11)14(2,3)4;1-14(2,3)13-10-9-11-7-5-6-8-12(11)15(13)4;1-13(2,3)14-10-6-8-11-7-4-5-9-12(11)14;1-12(2,3)14-9-8-13-10-6-4-5-7-11(10)14;1-11(2,3)15-13-9-12-14(15)10-7-5-4-6-8-10;1-7-6-8(2)11-10(7)9(3,4)5;1-8(2,3)10-6-4-5-9-7-10;2*1-7(2,3)8-5-4-6-9-8/h5-10H,1-4H3;5-10H,1-4H3;4-10H,1-3H3;4-9H,1-3H3;4-9H,1-3H3;6H,1-5H3;4-7H,1-3H3;2*4-6H,1-3H3/q9*+1. The second kappa shape index (κ2) is 38.9. The molecule has 0 saturated carbocycles. The molecule has 0 radical (unpaired) electrons. The van der Waals surface area contributed by atoms with E-state index in [1.165, 1.54) is 38.7 Å². The molecule has 113 heavy (non-hydrogen) atoms. The number of benzene rings is 5. The number of pyridine rings is 2. The maximum Gasteiger partial charge on any atom is 0.297 e. The Morgan fingerprint density at radius 2 is 0.947 bits per heavy atom. The molecule has 18 heteroatoms. The molecule has 0 aliphatic heterocycles. The molecule has 0 N–H and O–H groups in total. The van der Waals surface area contributed by atoms with E-state index < -0.39 is 0 Å². The van der Waals surface area contributed by atoms with Crippen molar-refractivity contribution in [1.82, 2.24) is 25.0 Å². The van der Waals surface area contributed by atoms with Gasteiger partial charge in [0, 0.05) is 220 Å². The van der Waals surface area contributed by atoms with Gasteiger partial charge in [-0.15, -0.1) is 3.96 Å². The van der Waals surface area contributed by atoms with Gasteiger partial charge >= 0.3 is 0 Å². The second-order valence-electron chi connectivity index (χ2n) is 37.1. The van der Waals surface area contributed by atoms with Gasteiger partial charge in [0.15, 0.2) is 52.9 Å². The molecule has 0 fully saturated rings. The predicted molar refractivity (Wildman–Crippen MR) is 457 cm³/mol. The Kier molecular flexibility index (Phi) is 31.5. The summed E-state index contributed by atoms with van der Waals surface area (Å²) in [5, 5.41) is 13.1. The van der Waals surface area contributed by atoms with Gasteiger partial charge in [0.05, 0.1) is 35.0 Å². The third-order valence-corrected chi connectivity index (χ3v) is 18.6. The van der Waals surface area contributed by atoms with E-state index in [2.05, 4.69) is 371 Å². The fourth-order valence-corrected chi connectivity index (χ4v) is 12.7. The Morgan fingerprint density at radius 1 is 0.416 bits per heavy atom. The summed E-state index contributed by atoms with van der Waals surface area (Å²) in [4.78, 5) is 12.0. The quantitative estimate of drug-likeness (QED) is 0.158. The van der Waals surface area contributed by atoms with Gasteiger partial charge in [0.1, 0.15) is 47.1 Å². The first kappa shape index (κ1) is 91.5. The molecular weight excluding hydrogens is 1420 g/mol. The molecule has 0 spiro atoms. The lowest BCUT2D eigenvalue weighted by Gasteiger charge is -2.16. The van der Waals surface area contributed by atoms with Gasteiger partial charge in [-0.1, -0.05) is 111 Å². The lowest BCUT2D eigenvalue weighted by molar-refractivity contribution is -0.911. The van der Waals surface area contributed by atoms with Crippen LogP contribution in [0, 0.1) is 20.8 Å². The van der Waals surface area contributed by atoms with Crippen LogP contribution in [-0.2, 0) is 56.8 Å². The van der Waals surface area contributed by atoms with E-state index in [0.717, 1.165) is 34.0 Å². The van der Waals surface area contributed by atoms with E-state index in [1.807, 2.05) is 142 Å². The van der Waals surface area contributed by atoms with E-state index in [4.69, 9.17) is 13.6 Å². The Bertz CT molecular complexity index is 4990. The van der Waals surface area contributed by atoms with Gasteiger partial charge in [-0.2, -0.15) is 13.7 Å². The topological polar surface area (TPSA) is 131 Å². The molecular formula is C95H135N14O3S+9. The van der Waals surface area contributed by atoms with Crippen LogP contribution in [0.15, 0.2) is 269 Å². The van der Waals surface area contributed by atoms with Crippen molar-refractivity contribution in [3.05, 3.63) is 279 Å². The van der Waals surface area contributed by atoms with Crippen molar-refractivity contribution in [2.45, 2.75) is 257 Å². The van der Waals surface area contributed by atoms with E-state index in [1.54, 1.807) is 35.1 Å². The fraction of sp³-hybridized carbons (Fsp3) is 0.421. The van der Waals surface area contributed by atoms with Gasteiger partial charge in [0.2, 0.25) is 56.5 Å². The minimum absolute atomic E-state index is 0.0168. The zero-order valence-electron chi connectivity index (χ0n) is 74.1. The number of hydrogen-bond donors (Lipinski definition) is 0. The summed E-state index contributed by atoms with van der Waals surface area (Å²) in [6.07, 6.45) is 18.9. The van der Waals surface area contributed by atoms with Crippen LogP contribution in [0.1, 0.15) is 210 Å². The molecule has 0 atom stereocenters. The third kappa shape index (κ3) is 28.1. The zero-order chi connectivity index (χ0) is 84.1. The summed E-state index contributed by atoms with van der Waals surface area (Å²) in [6, 6.07) is 64.1. The lowest BCUT2D eigenvalue weighted by atomic mass is 9.90. The molecule has 14 rings (SSSR count). The van der Waals surface area contributed by atoms with Crippen molar-refractivity contribution < 1.29 is 54.8 Å². The molecule has 14 aromatic rings. The minimum atomic E-state index is -0.0770. The van der Waals surface area contributed by atoms with Crippen molar-refractivity contribution in [3.8, 4) is 17.0 Å². The van der Waals surface area contributed by atoms with Crippen molar-refractivity contribution in [3.63, 3.8) is 0 Å². The Morgan fingerprint density at radius 3 is 1.40 bits per heavy atom. The second-order valence-corrected chi connectivity index (χ2v) is 38.0. The van der Waals surface area contributed by atoms with E-state index in [-0.39, 0.29) is 49.7 Å². The van der Waals surface area contributed by atoms with Gasteiger partial charge in [-0.25, -0.2) is 23.1 Å². The molecule has 0 unspecified atom stereocenters. The summed E-state index contributed by atoms with van der Waals surface area (Å²) < 4.78 is 33.3. The average Bonchev–Trinajstić information content (AvgIpc) is 1.26. The van der Waals surface area contributed by atoms with Crippen LogP contribution in [0.5, 0.6) is 0 Å². The maximum absolute atomic E-state index is 5.88. The highest BCUT2D eigenvalue weighted by molar-refractivity contribution is 6.99. The highest BCUT2D eigenvalue weighted by Gasteiger charge is 2.33. The number of para-hydroxylation sites is 5. The van der Waals surface area contributed by atoms with Crippen LogP contribution >= 0.6 is 11.5 Å². The Balaban J connectivity index is 0.000000199. The van der Waals surface area contributed by atoms with Gasteiger partial charge < -0.3 is 0 Å². The monoisotopic (exact) mass is 1550 g/mol. The molecule has 0 bridgehead atoms. The smallest absolute Gasteiger partial charge is 0.244 e. The number of hydrogen-bond acceptors (Lipinski definition) is 8. The minimum Gasteiger partial charge on any atom is -0.244 e. The molecule has 5 aromatic carbocycles. The van der Waals surface area contributed by atoms with Gasteiger partial charge in [0.25, 0.3) is 12.7 Å². The number of nitrogens with zero attached hydrogens (tertiary/aromatic N) is 14. The predicted octanol–water partition coefficient (Wildman–Crippen LogP) is 18.9. The van der Waals surface area contributed by atoms with Gasteiger partial charge in [-0.3, -0.25) is 0 Å². The summed E-state index contributed by atoms with van der Waals surface area (Å²) in [5.41, 5.74) is 11.5. The largest absolute Gasteiger partial charge is 0.297 e. The summed E-state index contributed by atoms with van der Waals surface area (Å²) in [6.45, 7) is 64.5. The van der Waals surface area contributed by atoms with Crippen molar-refractivity contribution in [2.75, 3.05) is 0 Å². The molecule has 9 aromatic heterocycles. The highest BCUT2D eigenvalue weighted by atomic mass is 32.1. The summed E-state index contributed by atoms with van der Waals surface area (Å²) in [5.74, 6) is 1.89. The first-order valence-corrected chi connectivity index (χ1v) is 40.1. The normalized spacial score (nSPS) is 11.8. The van der Waals surface area contributed by atoms with Crippen molar-refractivity contribution in [1.29, 1.82) is 0 Å². The number of aromatic nitrogens is 14. The first-order chi connectivity index (χ1) is 52.5. The lowest BCUT2D eigenvalue weighted by Crippen LogP contribution is -2.58. The molecule has 600 valence electrons. The van der Waals surface area contributed by atoms with Crippen LogP contribution in [0.2, 0.25) is 0 Å². The molecule has 0 amide bonds. The molecule has 0 aliphatic carbocycles. The van der Waals surface area contributed by atoms with E-state index in [9.17, 15) is 0 Å². The van der Waals surface area contributed by atoms with Crippen LogP contribution in [-0.4, -0.2) is 25.0 Å². The molecule has 0 saturated heterocycles. The summed E-state index contributed by atoms with van der Waals surface area (Å²) in [7, 11) is 2.14. The molecule has 17 nitrogen and oxygen atoms in total. The molecule has 9 heterocycles. The van der Waals surface area contributed by atoms with Crippen LogP contribution in [0.3, 0.4) is 0 Å². The number of fused-ring (bicyclic) bond motifs is 3.